The first-order valence-corrected chi connectivity index (χ1v) is 10.7. The van der Waals surface area contributed by atoms with Gasteiger partial charge in [0.1, 0.15) is 0 Å². The van der Waals surface area contributed by atoms with Gasteiger partial charge in [-0.25, -0.2) is 13.1 Å². The number of rotatable bonds is 9. The third-order valence-corrected chi connectivity index (χ3v) is 5.70. The van der Waals surface area contributed by atoms with Crippen LogP contribution in [-0.2, 0) is 14.8 Å². The maximum atomic E-state index is 12.3. The number of hydrogen-bond donors (Lipinski definition) is 2. The predicted octanol–water partition coefficient (Wildman–Crippen LogP) is 3.57. The van der Waals surface area contributed by atoms with E-state index in [1.54, 1.807) is 24.3 Å². The van der Waals surface area contributed by atoms with Crippen molar-refractivity contribution < 1.29 is 13.2 Å². The van der Waals surface area contributed by atoms with Gasteiger partial charge in [-0.2, -0.15) is 0 Å². The monoisotopic (exact) mass is 388 g/mol. The van der Waals surface area contributed by atoms with Crippen LogP contribution in [0, 0.1) is 12.8 Å². The second kappa shape index (κ2) is 9.67. The van der Waals surface area contributed by atoms with Gasteiger partial charge in [-0.05, 0) is 37.0 Å². The molecule has 1 amide bonds. The van der Waals surface area contributed by atoms with E-state index in [4.69, 9.17) is 0 Å². The summed E-state index contributed by atoms with van der Waals surface area (Å²) in [4.78, 5) is 12.5. The van der Waals surface area contributed by atoms with Crippen LogP contribution in [0.4, 0.5) is 0 Å². The number of carbonyl (C=O) groups excluding carboxylic acids is 1. The van der Waals surface area contributed by atoms with Crippen LogP contribution in [0.15, 0.2) is 59.5 Å². The van der Waals surface area contributed by atoms with Crippen molar-refractivity contribution in [3.63, 3.8) is 0 Å². The first-order valence-electron chi connectivity index (χ1n) is 9.18. The maximum absolute atomic E-state index is 12.3. The van der Waals surface area contributed by atoms with E-state index < -0.39 is 10.0 Å². The Morgan fingerprint density at radius 1 is 1.00 bits per heavy atom. The molecule has 2 rings (SSSR count). The molecule has 0 spiro atoms. The van der Waals surface area contributed by atoms with E-state index in [2.05, 4.69) is 23.9 Å². The number of sulfonamides is 1. The third-order valence-electron chi connectivity index (χ3n) is 4.22. The summed E-state index contributed by atoms with van der Waals surface area (Å²) in [5, 5.41) is 3.02. The Labute approximate surface area is 162 Å². The first kappa shape index (κ1) is 21.1. The molecule has 146 valence electrons. The van der Waals surface area contributed by atoms with Crippen LogP contribution >= 0.6 is 0 Å². The molecule has 0 aliphatic rings. The minimum atomic E-state index is -3.60. The Hall–Kier alpha value is -2.18. The van der Waals surface area contributed by atoms with E-state index in [1.165, 1.54) is 0 Å². The van der Waals surface area contributed by atoms with Gasteiger partial charge in [0.25, 0.3) is 0 Å². The normalized spacial score (nSPS) is 12.7. The van der Waals surface area contributed by atoms with Gasteiger partial charge in [-0.3, -0.25) is 4.79 Å². The van der Waals surface area contributed by atoms with Crippen molar-refractivity contribution >= 4 is 15.9 Å². The number of nitrogens with one attached hydrogen (secondary N) is 2. The van der Waals surface area contributed by atoms with E-state index in [0.29, 0.717) is 5.92 Å². The van der Waals surface area contributed by atoms with Crippen molar-refractivity contribution in [1.29, 1.82) is 0 Å². The Morgan fingerprint density at radius 2 is 1.63 bits per heavy atom. The lowest BCUT2D eigenvalue weighted by atomic mass is 9.97. The van der Waals surface area contributed by atoms with E-state index in [9.17, 15) is 13.2 Å². The summed E-state index contributed by atoms with van der Waals surface area (Å²) in [5.74, 6) is 0.256. The van der Waals surface area contributed by atoms with Gasteiger partial charge in [0.2, 0.25) is 15.9 Å². The summed E-state index contributed by atoms with van der Waals surface area (Å²) in [7, 11) is -3.60. The van der Waals surface area contributed by atoms with Crippen molar-refractivity contribution in [3.05, 3.63) is 65.7 Å². The van der Waals surface area contributed by atoms with Gasteiger partial charge >= 0.3 is 0 Å². The summed E-state index contributed by atoms with van der Waals surface area (Å²) >= 11 is 0. The van der Waals surface area contributed by atoms with Crippen LogP contribution < -0.4 is 10.0 Å². The highest BCUT2D eigenvalue weighted by Crippen LogP contribution is 2.21. The maximum Gasteiger partial charge on any atom is 0.240 e. The van der Waals surface area contributed by atoms with Crippen LogP contribution in [0.5, 0.6) is 0 Å². The van der Waals surface area contributed by atoms with Gasteiger partial charge in [-0.15, -0.1) is 0 Å². The highest BCUT2D eigenvalue weighted by atomic mass is 32.2. The molecule has 2 N–H and O–H groups in total. The van der Waals surface area contributed by atoms with Crippen molar-refractivity contribution in [2.75, 3.05) is 6.54 Å². The second-order valence-corrected chi connectivity index (χ2v) is 8.89. The van der Waals surface area contributed by atoms with Gasteiger partial charge < -0.3 is 5.32 Å². The van der Waals surface area contributed by atoms with Crippen molar-refractivity contribution in [1.82, 2.24) is 10.0 Å². The molecule has 0 aliphatic heterocycles. The number of aryl methyl sites for hydroxylation is 1. The lowest BCUT2D eigenvalue weighted by molar-refractivity contribution is -0.121. The summed E-state index contributed by atoms with van der Waals surface area (Å²) in [6.45, 7) is 6.18. The molecule has 2 aromatic rings. The molecular formula is C21H28N2O3S. The zero-order valence-electron chi connectivity index (χ0n) is 16.1. The minimum absolute atomic E-state index is 0.0607. The van der Waals surface area contributed by atoms with E-state index in [1.807, 2.05) is 37.3 Å². The average molecular weight is 389 g/mol. The minimum Gasteiger partial charge on any atom is -0.349 e. The third kappa shape index (κ3) is 6.81. The highest BCUT2D eigenvalue weighted by molar-refractivity contribution is 7.89. The molecule has 0 aliphatic carbocycles. The van der Waals surface area contributed by atoms with Crippen LogP contribution in [0.1, 0.15) is 43.9 Å². The Kier molecular flexibility index (Phi) is 7.56. The fraction of sp³-hybridized carbons (Fsp3) is 0.381. The molecule has 0 fully saturated rings. The Bertz CT molecular complexity index is 831. The molecule has 1 atom stereocenters. The molecule has 0 saturated heterocycles. The molecule has 0 heterocycles. The highest BCUT2D eigenvalue weighted by Gasteiger charge is 2.17. The summed E-state index contributed by atoms with van der Waals surface area (Å²) in [5.41, 5.74) is 2.05. The molecule has 27 heavy (non-hydrogen) atoms. The second-order valence-electron chi connectivity index (χ2n) is 7.12. The first-order chi connectivity index (χ1) is 12.8. The number of hydrogen-bond acceptors (Lipinski definition) is 3. The molecule has 2 aromatic carbocycles. The summed E-state index contributed by atoms with van der Waals surface area (Å²) < 4.78 is 27.0. The Morgan fingerprint density at radius 3 is 2.22 bits per heavy atom. The van der Waals surface area contributed by atoms with E-state index in [0.717, 1.165) is 17.5 Å². The standard InChI is InChI=1S/C21H28N2O3S/c1-16(2)15-20(18-7-5-4-6-8-18)23-21(24)13-14-22-27(25,26)19-11-9-17(3)10-12-19/h4-12,16,20,22H,13-15H2,1-3H3,(H,23,24). The molecule has 5 nitrogen and oxygen atoms in total. The summed E-state index contributed by atoms with van der Waals surface area (Å²) in [6, 6.07) is 16.4. The quantitative estimate of drug-likeness (QED) is 0.690. The van der Waals surface area contributed by atoms with Crippen LogP contribution in [0.2, 0.25) is 0 Å². The lowest BCUT2D eigenvalue weighted by Crippen LogP contribution is -2.33. The van der Waals surface area contributed by atoms with Crippen molar-refractivity contribution in [2.45, 2.75) is 44.6 Å². The van der Waals surface area contributed by atoms with E-state index >= 15 is 0 Å². The number of carbonyl (C=O) groups is 1. The van der Waals surface area contributed by atoms with Crippen molar-refractivity contribution in [2.24, 2.45) is 5.92 Å². The van der Waals surface area contributed by atoms with Gasteiger partial charge in [0.15, 0.2) is 0 Å². The fourth-order valence-corrected chi connectivity index (χ4v) is 3.83. The molecule has 0 radical (unpaired) electrons. The predicted molar refractivity (Wildman–Crippen MR) is 108 cm³/mol. The smallest absolute Gasteiger partial charge is 0.240 e. The fourth-order valence-electron chi connectivity index (χ4n) is 2.80. The zero-order chi connectivity index (χ0) is 19.9. The lowest BCUT2D eigenvalue weighted by Gasteiger charge is -2.21. The Balaban J connectivity index is 1.91. The molecular weight excluding hydrogens is 360 g/mol. The van der Waals surface area contributed by atoms with E-state index in [-0.39, 0.29) is 29.8 Å². The van der Waals surface area contributed by atoms with Crippen molar-refractivity contribution in [3.8, 4) is 0 Å². The van der Waals surface area contributed by atoms with Crippen LogP contribution in [0.3, 0.4) is 0 Å². The molecule has 6 heteroatoms. The number of benzene rings is 2. The molecule has 1 unspecified atom stereocenters. The zero-order valence-corrected chi connectivity index (χ0v) is 16.9. The molecule has 0 bridgehead atoms. The summed E-state index contributed by atoms with van der Waals surface area (Å²) in [6.07, 6.45) is 0.914. The number of amides is 1. The average Bonchev–Trinajstić information content (AvgIpc) is 2.62. The molecule has 0 saturated carbocycles. The van der Waals surface area contributed by atoms with Gasteiger partial charge in [-0.1, -0.05) is 61.9 Å². The largest absolute Gasteiger partial charge is 0.349 e. The van der Waals surface area contributed by atoms with Crippen LogP contribution in [0.25, 0.3) is 0 Å². The van der Waals surface area contributed by atoms with Gasteiger partial charge in [0, 0.05) is 13.0 Å². The van der Waals surface area contributed by atoms with Crippen LogP contribution in [-0.4, -0.2) is 20.9 Å². The SMILES string of the molecule is Cc1ccc(S(=O)(=O)NCCC(=O)NC(CC(C)C)c2ccccc2)cc1. The molecule has 0 aromatic heterocycles. The topological polar surface area (TPSA) is 75.3 Å². The van der Waals surface area contributed by atoms with Gasteiger partial charge in [0.05, 0.1) is 10.9 Å².